The number of carbonyl (C=O) groups excluding carboxylic acids is 3. The molecule has 9 aromatic heterocycles. The summed E-state index contributed by atoms with van der Waals surface area (Å²) in [5.41, 5.74) is 15.3. The molecule has 3 aliphatic heterocycles. The van der Waals surface area contributed by atoms with Crippen LogP contribution in [0.3, 0.4) is 0 Å². The van der Waals surface area contributed by atoms with Crippen molar-refractivity contribution < 1.29 is 40.7 Å². The average Bonchev–Trinajstić information content (AvgIpc) is 0.725. The Morgan fingerprint density at radius 3 is 0.787 bits per heavy atom. The summed E-state index contributed by atoms with van der Waals surface area (Å²) in [5, 5.41) is 27.6. The number of hydrogen-bond donors (Lipinski definition) is 3. The molecule has 3 amide bonds. The monoisotopic (exact) mass is 2100 g/mol. The van der Waals surface area contributed by atoms with Gasteiger partial charge in [0.2, 0.25) is 17.7 Å². The van der Waals surface area contributed by atoms with Gasteiger partial charge >= 0.3 is 0 Å². The maximum Gasteiger partial charge on any atom is 0.276 e. The predicted molar refractivity (Wildman–Crippen MR) is 545 cm³/mol. The molecule has 15 rings (SSSR count). The Bertz CT molecular complexity index is 6860. The first-order valence-corrected chi connectivity index (χ1v) is 47.3. The van der Waals surface area contributed by atoms with Crippen LogP contribution in [0.25, 0.3) is 83.9 Å². The van der Waals surface area contributed by atoms with Gasteiger partial charge in [-0.05, 0) is 151 Å². The third kappa shape index (κ3) is 18.4. The summed E-state index contributed by atoms with van der Waals surface area (Å²) in [6, 6.07) is 13.7. The number of carbonyl (C=O) groups is 3. The number of benzene rings is 3. The second kappa shape index (κ2) is 41.5. The van der Waals surface area contributed by atoms with Gasteiger partial charge < -0.3 is 46.6 Å². The van der Waals surface area contributed by atoms with Crippen LogP contribution in [-0.4, -0.2) is 152 Å². The fourth-order valence-corrected chi connectivity index (χ4v) is 21.0. The number of halogens is 15. The van der Waals surface area contributed by atoms with Gasteiger partial charge in [0.05, 0.1) is 132 Å². The minimum absolute atomic E-state index is 0.0179. The van der Waals surface area contributed by atoms with E-state index in [2.05, 4.69) is 67.8 Å². The molecule has 0 spiro atoms. The molecular weight excluding hydrogens is 2010 g/mol. The van der Waals surface area contributed by atoms with E-state index in [1.165, 1.54) is 50.1 Å². The summed E-state index contributed by atoms with van der Waals surface area (Å²) in [6.45, 7) is 40.1. The number of nitrogens with two attached hydrogens (primary N) is 3. The Morgan fingerprint density at radius 1 is 0.383 bits per heavy atom. The molecule has 6 N–H and O–H groups in total. The lowest BCUT2D eigenvalue weighted by Gasteiger charge is -2.45. The van der Waals surface area contributed by atoms with E-state index in [1.807, 2.05) is 97.8 Å². The van der Waals surface area contributed by atoms with Crippen LogP contribution in [0.4, 0.5) is 60.5 Å². The van der Waals surface area contributed by atoms with Crippen molar-refractivity contribution >= 4 is 189 Å². The number of anilines is 6. The van der Waals surface area contributed by atoms with Crippen LogP contribution in [0, 0.1) is 89.7 Å². The van der Waals surface area contributed by atoms with Crippen molar-refractivity contribution in [1.29, 1.82) is 15.8 Å². The average molecular weight is 2100 g/mol. The van der Waals surface area contributed by atoms with E-state index in [0.29, 0.717) is 50.8 Å². The predicted octanol–water partition coefficient (Wildman–Crippen LogP) is 21.6. The van der Waals surface area contributed by atoms with Crippen LogP contribution in [-0.2, 0) is 14.4 Å². The molecule has 0 bridgehead atoms. The minimum Gasteiger partial charge on any atom is -0.395 e. The molecule has 3 saturated heterocycles. The van der Waals surface area contributed by atoms with Gasteiger partial charge in [-0.15, -0.1) is 0 Å². The Balaban J connectivity index is 0.000000178. The van der Waals surface area contributed by atoms with E-state index in [1.54, 1.807) is 72.3 Å². The number of rotatable bonds is 15. The number of pyridine rings is 9. The van der Waals surface area contributed by atoms with Crippen LogP contribution < -0.4 is 48.6 Å². The maximum atomic E-state index is 15.7. The Hall–Kier alpha value is -12.7. The molecule has 732 valence electrons. The summed E-state index contributed by atoms with van der Waals surface area (Å²) < 4.78 is 95.9. The maximum absolute atomic E-state index is 15.7. The van der Waals surface area contributed by atoms with E-state index >= 15 is 26.3 Å². The molecule has 12 heterocycles. The van der Waals surface area contributed by atoms with Crippen molar-refractivity contribution in [2.24, 2.45) is 0 Å². The third-order valence-corrected chi connectivity index (χ3v) is 28.0. The van der Waals surface area contributed by atoms with Gasteiger partial charge in [-0.2, -0.15) is 15.8 Å². The van der Waals surface area contributed by atoms with E-state index < -0.39 is 115 Å². The van der Waals surface area contributed by atoms with Gasteiger partial charge in [-0.3, -0.25) is 57.4 Å². The highest BCUT2D eigenvalue weighted by Crippen LogP contribution is 2.50. The fraction of sp³-hybridized carbons (Fsp3) is 0.303. The molecular formula is C99H90Cl9F6N21O6. The SMILES string of the molecule is C=CC(=O)N1[C@H](C)CN(c2c(C#N)c(=O)n(-c3c(C)ccnc3C(C)C)c3nc(-c4c(F)c(N)c(Cl)c(F)c4Cl)c(Cl)cc23)C[C@@H]1C.C=CC(=O)N1[C@H](C)CN(c2c(C#N)c(=O)n(-c3c(C)ccnc3C(C)C)c3nc(-c4c(F)c(N)c(Cl)c(F)c4Cl)c(Cl)cc23)C[C@@H]1C.C=CC(=O)N1[C@H](C)CN(c2c(C#N)c(=O)n(-c3c(C)ccnc3C(C)C)c3nc(-c4c(F)c(N)c(Cl)c(F)c4Cl)c(Cl)cc23)C[C@@H]1C. The number of aryl methyl sites for hydroxylation is 3. The van der Waals surface area contributed by atoms with Gasteiger partial charge in [-0.25, -0.2) is 41.3 Å². The number of aromatic nitrogens is 9. The zero-order chi connectivity index (χ0) is 104. The normalized spacial score (nSPS) is 16.6. The number of nitrogens with zero attached hydrogens (tertiary/aromatic N) is 18. The molecule has 6 atom stereocenters. The molecule has 12 aromatic rings. The van der Waals surface area contributed by atoms with E-state index in [-0.39, 0.29) is 210 Å². The molecule has 27 nitrogen and oxygen atoms in total. The van der Waals surface area contributed by atoms with Crippen LogP contribution in [0.15, 0.2) is 107 Å². The van der Waals surface area contributed by atoms with Crippen LogP contribution >= 0.6 is 104 Å². The first-order valence-electron chi connectivity index (χ1n) is 43.9. The number of amides is 3. The molecule has 3 aliphatic rings. The van der Waals surface area contributed by atoms with Crippen LogP contribution in [0.1, 0.15) is 151 Å². The minimum atomic E-state index is -1.17. The van der Waals surface area contributed by atoms with Crippen molar-refractivity contribution in [2.75, 3.05) is 71.2 Å². The molecule has 0 radical (unpaired) electrons. The van der Waals surface area contributed by atoms with Crippen LogP contribution in [0.2, 0.25) is 45.2 Å². The van der Waals surface area contributed by atoms with Crippen molar-refractivity contribution in [3.63, 3.8) is 0 Å². The summed E-state index contributed by atoms with van der Waals surface area (Å²) in [4.78, 5) is 120. The van der Waals surface area contributed by atoms with Gasteiger partial charge in [0.25, 0.3) is 16.7 Å². The van der Waals surface area contributed by atoms with Gasteiger partial charge in [-0.1, -0.05) is 166 Å². The van der Waals surface area contributed by atoms with Crippen molar-refractivity contribution in [3.05, 3.63) is 255 Å². The smallest absolute Gasteiger partial charge is 0.276 e. The van der Waals surface area contributed by atoms with Gasteiger partial charge in [0.15, 0.2) is 34.9 Å². The van der Waals surface area contributed by atoms with E-state index in [9.17, 15) is 44.6 Å². The molecule has 3 fully saturated rings. The topological polar surface area (TPSA) is 363 Å². The molecule has 0 aliphatic carbocycles. The van der Waals surface area contributed by atoms with Crippen molar-refractivity contribution in [2.45, 2.75) is 158 Å². The second-order valence-corrected chi connectivity index (χ2v) is 38.8. The quantitative estimate of drug-likeness (QED) is 0.0282. The lowest BCUT2D eigenvalue weighted by Crippen LogP contribution is -2.58. The summed E-state index contributed by atoms with van der Waals surface area (Å²) in [7, 11) is 0. The molecule has 42 heteroatoms. The summed E-state index contributed by atoms with van der Waals surface area (Å²) in [6.07, 6.45) is 8.55. The zero-order valence-corrected chi connectivity index (χ0v) is 85.2. The fourth-order valence-electron chi connectivity index (χ4n) is 18.8. The third-order valence-electron chi connectivity index (χ3n) is 24.9. The van der Waals surface area contributed by atoms with Gasteiger partial charge in [0, 0.05) is 110 Å². The summed E-state index contributed by atoms with van der Waals surface area (Å²) in [5.74, 6) is -8.20. The molecule has 141 heavy (non-hydrogen) atoms. The first-order chi connectivity index (χ1) is 66.5. The second-order valence-electron chi connectivity index (χ2n) is 35.3. The number of piperazine rings is 3. The number of nitriles is 3. The first kappa shape index (κ1) is 106. The number of nitrogen functional groups attached to an aromatic ring is 3. The standard InChI is InChI=1S/3C33H30Cl3F2N7O2/c3*1-7-21(46)44-16(5)12-43(13-17(44)6)31-18-10-20(34)29(22-23(35)26(38)24(36)27(40)25(22)37)42-32(18)45(33(47)19(31)11-39)30-15(4)8-9-41-28(30)14(2)3/h3*7-10,14,16-17H,1,12-13,40H2,2-6H3/t3*16-,17+. The lowest BCUT2D eigenvalue weighted by atomic mass is 10.0. The van der Waals surface area contributed by atoms with Crippen molar-refractivity contribution in [1.82, 2.24) is 58.3 Å². The van der Waals surface area contributed by atoms with E-state index in [0.717, 1.165) is 0 Å². The molecule has 0 unspecified atom stereocenters. The Kier molecular flexibility index (Phi) is 31.0. The van der Waals surface area contributed by atoms with Gasteiger partial charge in [0.1, 0.15) is 66.9 Å². The number of fused-ring (bicyclic) bond motifs is 3. The summed E-state index contributed by atoms with van der Waals surface area (Å²) >= 11 is 56.8. The Labute approximate surface area is 850 Å². The van der Waals surface area contributed by atoms with Crippen molar-refractivity contribution in [3.8, 4) is 69.0 Å². The zero-order valence-electron chi connectivity index (χ0n) is 78.4. The van der Waals surface area contributed by atoms with Crippen LogP contribution in [0.5, 0.6) is 0 Å². The lowest BCUT2D eigenvalue weighted by molar-refractivity contribution is -0.131. The highest BCUT2D eigenvalue weighted by atomic mass is 35.5. The largest absolute Gasteiger partial charge is 0.395 e. The molecule has 3 aromatic carbocycles. The molecule has 0 saturated carbocycles. The number of hydrogen-bond acceptors (Lipinski definition) is 21. The van der Waals surface area contributed by atoms with E-state index in [4.69, 9.17) is 122 Å². The highest BCUT2D eigenvalue weighted by Gasteiger charge is 2.42. The highest BCUT2D eigenvalue weighted by molar-refractivity contribution is 6.42. The Morgan fingerprint density at radius 2 is 0.596 bits per heavy atom.